The Morgan fingerprint density at radius 1 is 0.950 bits per heavy atom. The number of piperidine rings is 1. The van der Waals surface area contributed by atoms with Crippen molar-refractivity contribution in [3.05, 3.63) is 102 Å². The van der Waals surface area contributed by atoms with Gasteiger partial charge in [0.05, 0.1) is 46.6 Å². The number of H-pyrrole nitrogens is 1. The fraction of sp³-hybridized carbons (Fsp3) is 0.413. The summed E-state index contributed by atoms with van der Waals surface area (Å²) in [5.74, 6) is 1.48. The van der Waals surface area contributed by atoms with Crippen LogP contribution in [0.5, 0.6) is 11.5 Å². The van der Waals surface area contributed by atoms with Gasteiger partial charge in [0.1, 0.15) is 17.1 Å². The number of anilines is 3. The molecule has 3 aromatic carbocycles. The van der Waals surface area contributed by atoms with Crippen LogP contribution in [0.15, 0.2) is 96.2 Å². The first-order valence-corrected chi connectivity index (χ1v) is 22.4. The van der Waals surface area contributed by atoms with Gasteiger partial charge in [0.2, 0.25) is 5.91 Å². The number of likely N-dealkylation sites (tertiary alicyclic amines) is 1. The van der Waals surface area contributed by atoms with Crippen molar-refractivity contribution in [2.24, 2.45) is 17.3 Å². The maximum atomic E-state index is 14.0. The molecule has 4 N–H and O–H groups in total. The summed E-state index contributed by atoms with van der Waals surface area (Å²) < 4.78 is 28.3. The normalized spacial score (nSPS) is 19.9. The van der Waals surface area contributed by atoms with Crippen LogP contribution < -0.4 is 25.2 Å². The molecule has 3 aliphatic heterocycles. The molecule has 314 valence electrons. The first-order chi connectivity index (χ1) is 29.4. The van der Waals surface area contributed by atoms with Gasteiger partial charge in [-0.05, 0) is 98.4 Å². The van der Waals surface area contributed by atoms with Crippen molar-refractivity contribution < 1.29 is 28.1 Å². The first kappa shape index (κ1) is 40.0. The number of carbonyl (C=O) groups excluding carboxylic acids is 2. The molecule has 1 saturated carbocycles. The molecule has 1 spiro atoms. The number of benzene rings is 3. The molecule has 2 atom stereocenters. The molecule has 4 aliphatic rings. The molecule has 14 heteroatoms. The Morgan fingerprint density at radius 2 is 1.75 bits per heavy atom. The number of nitrogens with one attached hydrogen (secondary N) is 4. The number of fused-ring (bicyclic) bond motifs is 1. The van der Waals surface area contributed by atoms with Crippen LogP contribution in [0.1, 0.15) is 73.3 Å². The molecule has 2 amide bonds. The van der Waals surface area contributed by atoms with Crippen molar-refractivity contribution in [2.75, 3.05) is 62.2 Å². The van der Waals surface area contributed by atoms with Crippen molar-refractivity contribution >= 4 is 50.9 Å². The molecule has 5 heterocycles. The molecule has 13 nitrogen and oxygen atoms in total. The Kier molecular flexibility index (Phi) is 11.8. The Hall–Kier alpha value is -5.44. The molecule has 4 fully saturated rings. The number of hydrogen-bond donors (Lipinski definition) is 4. The minimum Gasteiger partial charge on any atom is -0.455 e. The van der Waals surface area contributed by atoms with Crippen molar-refractivity contribution in [3.63, 3.8) is 0 Å². The second-order valence-corrected chi connectivity index (χ2v) is 17.8. The molecule has 1 aliphatic carbocycles. The van der Waals surface area contributed by atoms with Crippen LogP contribution in [0, 0.1) is 17.3 Å². The lowest BCUT2D eigenvalue weighted by Crippen LogP contribution is -2.63. The van der Waals surface area contributed by atoms with Crippen LogP contribution in [-0.4, -0.2) is 77.4 Å². The van der Waals surface area contributed by atoms with Gasteiger partial charge >= 0.3 is 0 Å². The highest BCUT2D eigenvalue weighted by molar-refractivity contribution is 7.83. The predicted octanol–water partition coefficient (Wildman–Crippen LogP) is 7.98. The van der Waals surface area contributed by atoms with E-state index < -0.39 is 16.9 Å². The van der Waals surface area contributed by atoms with E-state index in [9.17, 15) is 13.8 Å². The largest absolute Gasteiger partial charge is 0.455 e. The van der Waals surface area contributed by atoms with Gasteiger partial charge in [-0.15, -0.1) is 0 Å². The van der Waals surface area contributed by atoms with Gasteiger partial charge in [-0.1, -0.05) is 43.2 Å². The van der Waals surface area contributed by atoms with E-state index in [1.165, 1.54) is 12.7 Å². The van der Waals surface area contributed by atoms with Gasteiger partial charge < -0.3 is 29.6 Å². The fourth-order valence-electron chi connectivity index (χ4n) is 9.69. The lowest BCUT2D eigenvalue weighted by Gasteiger charge is -2.56. The van der Waals surface area contributed by atoms with Crippen LogP contribution in [0.25, 0.3) is 11.0 Å². The maximum Gasteiger partial charge on any atom is 0.266 e. The average molecular weight is 832 g/mol. The SMILES string of the molecule is CONc1cc(S(=O)NC(=O)c2ccc(N3CCC(CN4C(=O)C5(CCCC5)C4c4ccccc4)CC3)cc2Oc2cnc3[nH]ccc3c2)ccc1NCC1CCOCC1. The minimum absolute atomic E-state index is 0.159. The molecule has 5 aromatic rings. The third-order valence-corrected chi connectivity index (χ3v) is 14.0. The number of amides is 2. The van der Waals surface area contributed by atoms with Crippen LogP contribution in [-0.2, 0) is 25.4 Å². The van der Waals surface area contributed by atoms with Gasteiger partial charge in [-0.25, -0.2) is 9.19 Å². The fourth-order valence-corrected chi connectivity index (χ4v) is 10.5. The molecule has 9 rings (SSSR count). The van der Waals surface area contributed by atoms with Crippen molar-refractivity contribution in [1.29, 1.82) is 0 Å². The van der Waals surface area contributed by atoms with E-state index in [4.69, 9.17) is 14.3 Å². The lowest BCUT2D eigenvalue weighted by atomic mass is 9.66. The molecule has 2 unspecified atom stereocenters. The first-order valence-electron chi connectivity index (χ1n) is 21.2. The summed E-state index contributed by atoms with van der Waals surface area (Å²) in [6.07, 6.45) is 11.5. The van der Waals surface area contributed by atoms with E-state index in [1.54, 1.807) is 24.4 Å². The van der Waals surface area contributed by atoms with Gasteiger partial charge in [0.15, 0.2) is 11.0 Å². The highest BCUT2D eigenvalue weighted by Crippen LogP contribution is 2.59. The summed E-state index contributed by atoms with van der Waals surface area (Å²) >= 11 is 0. The van der Waals surface area contributed by atoms with Crippen LogP contribution >= 0.6 is 0 Å². The number of ether oxygens (including phenoxy) is 2. The standard InChI is InChI=1S/C46H53N7O6S/c1-57-50-40-27-37(10-12-39(40)48-28-31-16-23-58-24-17-31)60(56)51-44(54)38-11-9-35(26-41(38)59-36-25-34-13-20-47-43(34)49-29-36)52-21-14-32(15-22-52)30-53-42(33-7-3-2-4-8-33)46(45(53)55)18-5-6-19-46/h2-4,7-13,20,25-27,29,31-32,42,48,50H,5-6,14-19,21-24,28,30H2,1H3,(H,47,49)(H,51,54). The van der Waals surface area contributed by atoms with E-state index in [0.717, 1.165) is 113 Å². The number of nitrogens with zero attached hydrogens (tertiary/aromatic N) is 3. The Balaban J connectivity index is 0.897. The smallest absolute Gasteiger partial charge is 0.266 e. The number of β-lactam (4-membered cyclic amide) rings is 1. The van der Waals surface area contributed by atoms with Crippen molar-refractivity contribution in [3.8, 4) is 11.5 Å². The summed E-state index contributed by atoms with van der Waals surface area (Å²) in [5.41, 5.74) is 7.22. The number of aromatic amines is 1. The maximum absolute atomic E-state index is 14.0. The van der Waals surface area contributed by atoms with Crippen molar-refractivity contribution in [2.45, 2.75) is 62.3 Å². The zero-order chi connectivity index (χ0) is 41.1. The van der Waals surface area contributed by atoms with Crippen LogP contribution in [0.4, 0.5) is 17.1 Å². The monoisotopic (exact) mass is 831 g/mol. The molecule has 0 radical (unpaired) electrons. The zero-order valence-corrected chi connectivity index (χ0v) is 34.8. The number of aromatic nitrogens is 2. The summed E-state index contributed by atoms with van der Waals surface area (Å²) in [4.78, 5) is 45.4. The van der Waals surface area contributed by atoms with Gasteiger partial charge in [0.25, 0.3) is 5.91 Å². The molecule has 2 aromatic heterocycles. The zero-order valence-electron chi connectivity index (χ0n) is 34.0. The molecule has 3 saturated heterocycles. The lowest BCUT2D eigenvalue weighted by molar-refractivity contribution is -0.174. The number of rotatable bonds is 14. The number of hydrogen-bond acceptors (Lipinski definition) is 10. The highest BCUT2D eigenvalue weighted by Gasteiger charge is 2.61. The van der Waals surface area contributed by atoms with Crippen LogP contribution in [0.2, 0.25) is 0 Å². The van der Waals surface area contributed by atoms with E-state index in [2.05, 4.69) is 59.6 Å². The second-order valence-electron chi connectivity index (χ2n) is 16.6. The topological polar surface area (TPSA) is 150 Å². The summed E-state index contributed by atoms with van der Waals surface area (Å²) in [6.45, 7) is 4.68. The van der Waals surface area contributed by atoms with Gasteiger partial charge in [-0.3, -0.25) is 24.6 Å². The Labute approximate surface area is 353 Å². The van der Waals surface area contributed by atoms with Crippen molar-refractivity contribution in [1.82, 2.24) is 19.6 Å². The Bertz CT molecular complexity index is 2340. The summed E-state index contributed by atoms with van der Waals surface area (Å²) in [6, 6.07) is 25.3. The molecular weight excluding hydrogens is 779 g/mol. The quantitative estimate of drug-likeness (QED) is 0.0641. The third kappa shape index (κ3) is 8.20. The highest BCUT2D eigenvalue weighted by atomic mass is 32.2. The number of pyridine rings is 1. The van der Waals surface area contributed by atoms with E-state index >= 15 is 0 Å². The third-order valence-electron chi connectivity index (χ3n) is 12.9. The number of carbonyl (C=O) groups is 2. The minimum atomic E-state index is -1.90. The second kappa shape index (κ2) is 17.6. The van der Waals surface area contributed by atoms with Gasteiger partial charge in [0, 0.05) is 62.7 Å². The van der Waals surface area contributed by atoms with Gasteiger partial charge in [-0.2, -0.15) is 0 Å². The average Bonchev–Trinajstić information content (AvgIpc) is 3.99. The Morgan fingerprint density at radius 3 is 2.53 bits per heavy atom. The molecular formula is C46H53N7O6S. The van der Waals surface area contributed by atoms with E-state index in [0.29, 0.717) is 39.8 Å². The molecule has 60 heavy (non-hydrogen) atoms. The molecule has 0 bridgehead atoms. The summed E-state index contributed by atoms with van der Waals surface area (Å²) in [7, 11) is -0.378. The van der Waals surface area contributed by atoms with Crippen LogP contribution in [0.3, 0.4) is 0 Å². The summed E-state index contributed by atoms with van der Waals surface area (Å²) in [5, 5.41) is 4.35. The predicted molar refractivity (Wildman–Crippen MR) is 232 cm³/mol. The van der Waals surface area contributed by atoms with E-state index in [1.807, 2.05) is 42.6 Å². The van der Waals surface area contributed by atoms with E-state index in [-0.39, 0.29) is 17.0 Å².